The third-order valence-corrected chi connectivity index (χ3v) is 4.07. The lowest BCUT2D eigenvalue weighted by molar-refractivity contribution is 0.0691. The Labute approximate surface area is 126 Å². The molecule has 2 rings (SSSR count). The average Bonchev–Trinajstić information content (AvgIpc) is 2.93. The van der Waals surface area contributed by atoms with Gasteiger partial charge in [0.15, 0.2) is 17.3 Å². The van der Waals surface area contributed by atoms with E-state index in [-0.39, 0.29) is 23.1 Å². The highest BCUT2D eigenvalue weighted by Gasteiger charge is 2.16. The minimum atomic E-state index is -1.14. The molecule has 1 aromatic carbocycles. The molecule has 1 aromatic heterocycles. The van der Waals surface area contributed by atoms with Gasteiger partial charge in [0.2, 0.25) is 5.78 Å². The summed E-state index contributed by atoms with van der Waals surface area (Å²) in [6.45, 7) is 5.67. The van der Waals surface area contributed by atoms with Gasteiger partial charge in [-0.05, 0) is 37.5 Å². The topological polar surface area (TPSA) is 76.5 Å². The number of hydrogen-bond donors (Lipinski definition) is 1. The predicted octanol–water partition coefficient (Wildman–Crippen LogP) is 3.03. The first-order chi connectivity index (χ1) is 9.90. The molecule has 1 heterocycles. The molecule has 0 atom stereocenters. The standard InChI is InChI=1S/C15H15NO4S/c1-8-4-5-9(2)13(10(8)3)20-6-12(17)14-16-11(7-21-14)15(18)19/h4-5,7H,6H2,1-3H3,(H,18,19). The van der Waals surface area contributed by atoms with E-state index in [1.54, 1.807) is 0 Å². The average molecular weight is 305 g/mol. The van der Waals surface area contributed by atoms with Crippen molar-refractivity contribution in [1.29, 1.82) is 0 Å². The first-order valence-electron chi connectivity index (χ1n) is 6.31. The summed E-state index contributed by atoms with van der Waals surface area (Å²) in [5.41, 5.74) is 2.92. The quantitative estimate of drug-likeness (QED) is 0.859. The monoisotopic (exact) mass is 305 g/mol. The lowest BCUT2D eigenvalue weighted by Gasteiger charge is -2.12. The number of ether oxygens (including phenoxy) is 1. The second-order valence-corrected chi connectivity index (χ2v) is 5.57. The molecule has 0 saturated carbocycles. The minimum Gasteiger partial charge on any atom is -0.485 e. The van der Waals surface area contributed by atoms with Crippen LogP contribution in [0.1, 0.15) is 37.0 Å². The number of thiazole rings is 1. The molecule has 5 nitrogen and oxygen atoms in total. The summed E-state index contributed by atoms with van der Waals surface area (Å²) in [5.74, 6) is -0.775. The Balaban J connectivity index is 2.11. The number of rotatable bonds is 5. The van der Waals surface area contributed by atoms with Crippen LogP contribution in [0.15, 0.2) is 17.5 Å². The molecule has 0 unspecified atom stereocenters. The van der Waals surface area contributed by atoms with E-state index in [0.717, 1.165) is 28.0 Å². The van der Waals surface area contributed by atoms with Crippen molar-refractivity contribution in [1.82, 2.24) is 4.98 Å². The lowest BCUT2D eigenvalue weighted by atomic mass is 10.1. The Kier molecular flexibility index (Phi) is 4.37. The number of carboxylic acid groups (broad SMARTS) is 1. The van der Waals surface area contributed by atoms with Gasteiger partial charge in [0.05, 0.1) is 0 Å². The number of hydrogen-bond acceptors (Lipinski definition) is 5. The van der Waals surface area contributed by atoms with E-state index in [1.807, 2.05) is 32.9 Å². The molecule has 0 bridgehead atoms. The van der Waals surface area contributed by atoms with Crippen LogP contribution in [0.5, 0.6) is 5.75 Å². The second-order valence-electron chi connectivity index (χ2n) is 4.71. The van der Waals surface area contributed by atoms with E-state index in [4.69, 9.17) is 9.84 Å². The van der Waals surface area contributed by atoms with E-state index in [1.165, 1.54) is 5.38 Å². The number of aromatic carboxylic acids is 1. The molecule has 0 fully saturated rings. The van der Waals surface area contributed by atoms with Crippen molar-refractivity contribution in [2.75, 3.05) is 6.61 Å². The molecule has 0 amide bonds. The van der Waals surface area contributed by atoms with Gasteiger partial charge in [-0.1, -0.05) is 12.1 Å². The number of carbonyl (C=O) groups is 2. The fraction of sp³-hybridized carbons (Fsp3) is 0.267. The third-order valence-electron chi connectivity index (χ3n) is 3.18. The Hall–Kier alpha value is -2.21. The summed E-state index contributed by atoms with van der Waals surface area (Å²) >= 11 is 1.01. The highest BCUT2D eigenvalue weighted by molar-refractivity contribution is 7.12. The zero-order valence-electron chi connectivity index (χ0n) is 12.0. The van der Waals surface area contributed by atoms with Crippen LogP contribution < -0.4 is 4.74 Å². The first kappa shape index (κ1) is 15.2. The molecule has 1 N–H and O–H groups in total. The van der Waals surface area contributed by atoms with Crippen LogP contribution in [0, 0.1) is 20.8 Å². The van der Waals surface area contributed by atoms with Gasteiger partial charge in [-0.2, -0.15) is 0 Å². The summed E-state index contributed by atoms with van der Waals surface area (Å²) in [6, 6.07) is 3.94. The Morgan fingerprint density at radius 3 is 2.52 bits per heavy atom. The Morgan fingerprint density at radius 2 is 1.90 bits per heavy atom. The number of ketones is 1. The van der Waals surface area contributed by atoms with Gasteiger partial charge in [0, 0.05) is 5.38 Å². The van der Waals surface area contributed by atoms with Crippen LogP contribution in [0.3, 0.4) is 0 Å². The summed E-state index contributed by atoms with van der Waals surface area (Å²) in [6.07, 6.45) is 0. The number of benzene rings is 1. The Morgan fingerprint density at radius 1 is 1.24 bits per heavy atom. The minimum absolute atomic E-state index is 0.119. The van der Waals surface area contributed by atoms with Crippen molar-refractivity contribution in [3.05, 3.63) is 44.9 Å². The molecule has 0 saturated heterocycles. The van der Waals surface area contributed by atoms with Gasteiger partial charge < -0.3 is 9.84 Å². The van der Waals surface area contributed by atoms with Gasteiger partial charge in [-0.3, -0.25) is 4.79 Å². The normalized spacial score (nSPS) is 10.4. The van der Waals surface area contributed by atoms with Crippen molar-refractivity contribution in [2.24, 2.45) is 0 Å². The summed E-state index contributed by atoms with van der Waals surface area (Å²) in [7, 11) is 0. The third kappa shape index (κ3) is 3.28. The van der Waals surface area contributed by atoms with E-state index in [2.05, 4.69) is 4.98 Å². The molecular weight excluding hydrogens is 290 g/mol. The number of aryl methyl sites for hydroxylation is 2. The molecule has 0 aliphatic carbocycles. The van der Waals surface area contributed by atoms with Crippen molar-refractivity contribution in [2.45, 2.75) is 20.8 Å². The maximum atomic E-state index is 12.0. The van der Waals surface area contributed by atoms with Crippen LogP contribution in [0.25, 0.3) is 0 Å². The van der Waals surface area contributed by atoms with Gasteiger partial charge in [-0.15, -0.1) is 11.3 Å². The van der Waals surface area contributed by atoms with Gasteiger partial charge in [0.25, 0.3) is 0 Å². The van der Waals surface area contributed by atoms with Gasteiger partial charge in [-0.25, -0.2) is 9.78 Å². The maximum absolute atomic E-state index is 12.0. The van der Waals surface area contributed by atoms with E-state index < -0.39 is 5.97 Å². The zero-order valence-corrected chi connectivity index (χ0v) is 12.8. The molecule has 6 heteroatoms. The summed E-state index contributed by atoms with van der Waals surface area (Å²) < 4.78 is 5.60. The molecule has 0 aliphatic rings. The van der Waals surface area contributed by atoms with Crippen LogP contribution in [0.4, 0.5) is 0 Å². The van der Waals surface area contributed by atoms with Gasteiger partial charge in [0.1, 0.15) is 5.75 Å². The number of nitrogens with zero attached hydrogens (tertiary/aromatic N) is 1. The smallest absolute Gasteiger partial charge is 0.355 e. The molecule has 0 spiro atoms. The number of carbonyl (C=O) groups excluding carboxylic acids is 1. The largest absolute Gasteiger partial charge is 0.485 e. The highest BCUT2D eigenvalue weighted by Crippen LogP contribution is 2.26. The highest BCUT2D eigenvalue weighted by atomic mass is 32.1. The van der Waals surface area contributed by atoms with Crippen molar-refractivity contribution < 1.29 is 19.4 Å². The predicted molar refractivity (Wildman–Crippen MR) is 79.6 cm³/mol. The first-order valence-corrected chi connectivity index (χ1v) is 7.19. The number of Topliss-reactive ketones (excluding diaryl/α,β-unsaturated/α-hetero) is 1. The van der Waals surface area contributed by atoms with E-state index in [9.17, 15) is 9.59 Å². The SMILES string of the molecule is Cc1ccc(C)c(OCC(=O)c2nc(C(=O)O)cs2)c1C. The van der Waals surface area contributed by atoms with Crippen LogP contribution in [0.2, 0.25) is 0 Å². The molecule has 0 aliphatic heterocycles. The second kappa shape index (κ2) is 6.05. The van der Waals surface area contributed by atoms with E-state index in [0.29, 0.717) is 5.75 Å². The van der Waals surface area contributed by atoms with E-state index >= 15 is 0 Å². The molecule has 2 aromatic rings. The number of aromatic nitrogens is 1. The Bertz CT molecular complexity index is 706. The van der Waals surface area contributed by atoms with Crippen LogP contribution >= 0.6 is 11.3 Å². The fourth-order valence-electron chi connectivity index (χ4n) is 1.85. The van der Waals surface area contributed by atoms with Crippen molar-refractivity contribution in [3.63, 3.8) is 0 Å². The molecular formula is C15H15NO4S. The fourth-order valence-corrected chi connectivity index (χ4v) is 2.57. The zero-order chi connectivity index (χ0) is 15.6. The van der Waals surface area contributed by atoms with Gasteiger partial charge >= 0.3 is 5.97 Å². The number of carboxylic acids is 1. The maximum Gasteiger partial charge on any atom is 0.355 e. The van der Waals surface area contributed by atoms with Crippen molar-refractivity contribution in [3.8, 4) is 5.75 Å². The van der Waals surface area contributed by atoms with Crippen LogP contribution in [-0.2, 0) is 0 Å². The summed E-state index contributed by atoms with van der Waals surface area (Å²) in [5, 5.41) is 10.3. The van der Waals surface area contributed by atoms with Crippen LogP contribution in [-0.4, -0.2) is 28.4 Å². The van der Waals surface area contributed by atoms with Crippen molar-refractivity contribution >= 4 is 23.1 Å². The molecule has 0 radical (unpaired) electrons. The lowest BCUT2D eigenvalue weighted by Crippen LogP contribution is -2.13. The molecule has 21 heavy (non-hydrogen) atoms. The summed E-state index contributed by atoms with van der Waals surface area (Å²) in [4.78, 5) is 26.5. The molecule has 110 valence electrons.